The second-order valence-corrected chi connectivity index (χ2v) is 36.2. The standard InChI is InChI=1S/C90H145N23O35/c1-14-44(9)70(110-84(142)56(37-116)100-63(123)32-95-86(144)68(42(5)6)109-74(132)47(12)97-73(131)46(11)98-81(139)57(38-117)107-89(147)72(48(13)120)112-75(133)50(91)35-114)87(145)103-53(28-41(3)4)80(138)105-58(39-118)82(140)102-52(24-26-66(127)128)79(137)101-51(23-25-65(125)126)76(134)94-33-64(124)108-69(43(7)8)90(148)113-27-19-22-60(113)85(143)111-71(45(10)15-2)88(146)106-59(40-119)83(141)104-55(36-115)78(136)93-30-61(121)92-31-62(122)99-54(77(135)96-34-67(129)130)29-49-20-17-16-18-21-49/h16-18,20-21,41-48,50-60,68-72,114-120H,14-15,19,22-40,91H2,1-13H3,(H,92,121)(H,93,136)(H,94,134)(H,95,144)(H,96,135)(H,97,131)(H,98,139)(H,99,122)(H,100,123)(H,101,137)(H,102,140)(H,103,145)(H,104,141)(H,105,138)(H,106,146)(H,107,147)(H,108,124)(H,109,132)(H,110,142)(H,111,143)(H,112,133)(H,125,126)(H,127,128)(H,129,130)/t44-,45-,46-,47-,48+,50-,51-,52-,53-,54-,55-,56-,57-,58-,59-,60-,68-,69-,70-,71-,72-/m0/s1. The van der Waals surface area contributed by atoms with E-state index < -0.39 is 390 Å². The predicted molar refractivity (Wildman–Crippen MR) is 514 cm³/mol. The highest BCUT2D eigenvalue weighted by Crippen LogP contribution is 2.23. The highest BCUT2D eigenvalue weighted by Gasteiger charge is 2.44. The van der Waals surface area contributed by atoms with Crippen LogP contribution in [0.25, 0.3) is 0 Å². The number of nitrogens with two attached hydrogens (primary N) is 1. The minimum atomic E-state index is -2.02. The molecule has 22 amide bonds. The minimum absolute atomic E-state index is 0.00923. The molecule has 830 valence electrons. The number of nitrogens with zero attached hydrogens (tertiary/aromatic N) is 1. The summed E-state index contributed by atoms with van der Waals surface area (Å²) in [6.07, 6.45) is -4.48. The molecule has 58 nitrogen and oxygen atoms in total. The minimum Gasteiger partial charge on any atom is -0.481 e. The van der Waals surface area contributed by atoms with E-state index in [2.05, 4.69) is 112 Å². The lowest BCUT2D eigenvalue weighted by molar-refractivity contribution is -0.143. The first-order chi connectivity index (χ1) is 69.5. The van der Waals surface area contributed by atoms with E-state index in [0.29, 0.717) is 5.56 Å². The monoisotopic (exact) mass is 2110 g/mol. The van der Waals surface area contributed by atoms with Crippen molar-refractivity contribution in [3.8, 4) is 0 Å². The van der Waals surface area contributed by atoms with Gasteiger partial charge in [0.1, 0.15) is 115 Å². The molecule has 0 radical (unpaired) electrons. The van der Waals surface area contributed by atoms with Gasteiger partial charge in [-0.2, -0.15) is 0 Å². The molecule has 0 saturated carbocycles. The van der Waals surface area contributed by atoms with Crippen molar-refractivity contribution in [1.82, 2.24) is 117 Å². The Morgan fingerprint density at radius 2 is 0.689 bits per heavy atom. The molecule has 1 aromatic rings. The fourth-order valence-electron chi connectivity index (χ4n) is 14.0. The van der Waals surface area contributed by atoms with Crippen LogP contribution in [0, 0.1) is 29.6 Å². The smallest absolute Gasteiger partial charge is 0.322 e. The number of hydrogen-bond acceptors (Lipinski definition) is 33. The summed E-state index contributed by atoms with van der Waals surface area (Å²) in [6, 6.07) is -21.0. The second-order valence-electron chi connectivity index (χ2n) is 36.2. The lowest BCUT2D eigenvalue weighted by Gasteiger charge is -2.32. The van der Waals surface area contributed by atoms with E-state index in [1.165, 1.54) is 41.5 Å². The van der Waals surface area contributed by atoms with Gasteiger partial charge in [-0.05, 0) is 88.0 Å². The highest BCUT2D eigenvalue weighted by atomic mass is 16.4. The summed E-state index contributed by atoms with van der Waals surface area (Å²) < 4.78 is 0. The molecule has 0 spiro atoms. The van der Waals surface area contributed by atoms with Crippen LogP contribution in [-0.4, -0.2) is 398 Å². The van der Waals surface area contributed by atoms with Crippen LogP contribution < -0.4 is 117 Å². The van der Waals surface area contributed by atoms with Crippen molar-refractivity contribution in [3.63, 3.8) is 0 Å². The summed E-state index contributed by atoms with van der Waals surface area (Å²) in [5, 5.41) is 147. The lowest BCUT2D eigenvalue weighted by Crippen LogP contribution is -2.61. The van der Waals surface area contributed by atoms with Gasteiger partial charge in [0.15, 0.2) is 0 Å². The lowest BCUT2D eigenvalue weighted by atomic mass is 9.96. The van der Waals surface area contributed by atoms with Crippen molar-refractivity contribution >= 4 is 148 Å². The van der Waals surface area contributed by atoms with E-state index in [9.17, 15) is 161 Å². The van der Waals surface area contributed by atoms with Gasteiger partial charge in [0.25, 0.3) is 0 Å². The number of aliphatic hydroxyl groups excluding tert-OH is 7. The molecule has 1 aliphatic heterocycles. The number of nitrogens with one attached hydrogen (secondary N) is 21. The third kappa shape index (κ3) is 45.3. The van der Waals surface area contributed by atoms with Crippen molar-refractivity contribution in [2.45, 2.75) is 269 Å². The molecular formula is C90H145N23O35. The van der Waals surface area contributed by atoms with Gasteiger partial charge in [-0.25, -0.2) is 0 Å². The maximum absolute atomic E-state index is 14.5. The molecule has 1 aromatic carbocycles. The topological polar surface area (TPSA) is 911 Å². The number of carbonyl (C=O) groups excluding carboxylic acids is 22. The number of carboxylic acids is 3. The number of carboxylic acid groups (broad SMARTS) is 3. The summed E-state index contributed by atoms with van der Waals surface area (Å²) in [5.41, 5.74) is 6.05. The molecule has 0 aliphatic carbocycles. The molecule has 21 atom stereocenters. The number of carbonyl (C=O) groups is 25. The van der Waals surface area contributed by atoms with Gasteiger partial charge in [-0.3, -0.25) is 120 Å². The number of aliphatic hydroxyl groups is 7. The Labute approximate surface area is 851 Å². The van der Waals surface area contributed by atoms with Crippen LogP contribution in [-0.2, 0) is 126 Å². The molecule has 1 aliphatic rings. The Hall–Kier alpha value is -14.3. The maximum atomic E-state index is 14.5. The van der Waals surface area contributed by atoms with E-state index in [1.54, 1.807) is 65.0 Å². The van der Waals surface area contributed by atoms with E-state index in [-0.39, 0.29) is 45.1 Å². The van der Waals surface area contributed by atoms with E-state index >= 15 is 0 Å². The Kier molecular flexibility index (Phi) is 57.8. The van der Waals surface area contributed by atoms with Gasteiger partial charge in [0.05, 0.1) is 71.9 Å². The van der Waals surface area contributed by atoms with Gasteiger partial charge in [-0.1, -0.05) is 112 Å². The summed E-state index contributed by atoms with van der Waals surface area (Å²) in [6.45, 7) is 8.30. The molecule has 1 fully saturated rings. The number of hydrogen-bond donors (Lipinski definition) is 32. The largest absolute Gasteiger partial charge is 0.481 e. The third-order valence-corrected chi connectivity index (χ3v) is 23.1. The van der Waals surface area contributed by atoms with Gasteiger partial charge in [-0.15, -0.1) is 0 Å². The van der Waals surface area contributed by atoms with Gasteiger partial charge < -0.3 is 173 Å². The van der Waals surface area contributed by atoms with Crippen molar-refractivity contribution in [2.75, 3.05) is 78.9 Å². The Balaban J connectivity index is 2.20. The molecule has 2 rings (SSSR count). The summed E-state index contributed by atoms with van der Waals surface area (Å²) in [4.78, 5) is 334. The van der Waals surface area contributed by atoms with E-state index in [0.717, 1.165) is 18.7 Å². The van der Waals surface area contributed by atoms with Crippen molar-refractivity contribution in [1.29, 1.82) is 0 Å². The molecular weight excluding hydrogens is 1960 g/mol. The first-order valence-corrected chi connectivity index (χ1v) is 47.8. The fourth-order valence-corrected chi connectivity index (χ4v) is 14.0. The SMILES string of the molecule is CC[C@H](C)[C@H](NC(=O)[C@H](CO)NC(=O)CNC(=O)[C@@H](NC(=O)[C@H](C)NC(=O)[C@H](C)NC(=O)[C@H](CO)NC(=O)[C@@H](NC(=O)[C@@H](N)CO)[C@@H](C)O)C(C)C)C(=O)N[C@@H](CC(C)C)C(=O)N[C@@H](CO)C(=O)N[C@@H](CCC(=O)O)C(=O)N[C@@H](CCC(=O)O)C(=O)NCC(=O)N[C@H](C(=O)N1CCC[C@H]1C(=O)N[C@H](C(=O)N[C@@H](CO)C(=O)N[C@@H](CO)C(=O)NCC(=O)NCC(=O)N[C@@H](Cc1ccccc1)C(=O)NCC(=O)O)[C@@H](C)CC)C(C)C. The molecule has 1 heterocycles. The van der Waals surface area contributed by atoms with Gasteiger partial charge >= 0.3 is 17.9 Å². The Morgan fingerprint density at radius 3 is 1.15 bits per heavy atom. The Morgan fingerprint density at radius 1 is 0.338 bits per heavy atom. The third-order valence-electron chi connectivity index (χ3n) is 23.1. The van der Waals surface area contributed by atoms with E-state index in [4.69, 9.17) is 15.9 Å². The van der Waals surface area contributed by atoms with Crippen LogP contribution in [0.2, 0.25) is 0 Å². The fraction of sp³-hybridized carbons (Fsp3) is 0.656. The predicted octanol–water partition coefficient (Wildman–Crippen LogP) is -14.5. The number of rotatable bonds is 67. The summed E-state index contributed by atoms with van der Waals surface area (Å²) >= 11 is 0. The van der Waals surface area contributed by atoms with Crippen molar-refractivity contribution in [3.05, 3.63) is 35.9 Å². The number of likely N-dealkylation sites (tertiary alicyclic amines) is 1. The first-order valence-electron chi connectivity index (χ1n) is 47.8. The molecule has 1 saturated heterocycles. The van der Waals surface area contributed by atoms with E-state index in [1.807, 2.05) is 0 Å². The summed E-state index contributed by atoms with van der Waals surface area (Å²) in [5.74, 6) is -31.4. The molecule has 0 aromatic heterocycles. The number of aliphatic carboxylic acids is 3. The van der Waals surface area contributed by atoms with Crippen LogP contribution in [0.15, 0.2) is 30.3 Å². The normalized spacial score (nSPS) is 16.2. The summed E-state index contributed by atoms with van der Waals surface area (Å²) in [7, 11) is 0. The average Bonchev–Trinajstić information content (AvgIpc) is 1.64. The molecule has 0 unspecified atom stereocenters. The van der Waals surface area contributed by atoms with Gasteiger partial charge in [0, 0.05) is 25.8 Å². The number of amides is 22. The zero-order valence-corrected chi connectivity index (χ0v) is 84.5. The van der Waals surface area contributed by atoms with Crippen LogP contribution >= 0.6 is 0 Å². The maximum Gasteiger partial charge on any atom is 0.322 e. The van der Waals surface area contributed by atoms with Crippen LogP contribution in [0.5, 0.6) is 0 Å². The average molecular weight is 2110 g/mol. The van der Waals surface area contributed by atoms with Gasteiger partial charge in [0.2, 0.25) is 130 Å². The van der Waals surface area contributed by atoms with Crippen LogP contribution in [0.1, 0.15) is 153 Å². The Bertz CT molecular complexity index is 4740. The molecule has 148 heavy (non-hydrogen) atoms. The van der Waals surface area contributed by atoms with Crippen LogP contribution in [0.4, 0.5) is 0 Å². The zero-order chi connectivity index (χ0) is 112. The van der Waals surface area contributed by atoms with Crippen molar-refractivity contribution < 1.29 is 171 Å². The van der Waals surface area contributed by atoms with Crippen molar-refractivity contribution in [2.24, 2.45) is 35.3 Å². The number of benzene rings is 1. The van der Waals surface area contributed by atoms with Crippen LogP contribution in [0.3, 0.4) is 0 Å². The molecule has 0 bridgehead atoms. The molecule has 33 N–H and O–H groups in total. The highest BCUT2D eigenvalue weighted by molar-refractivity contribution is 6.03. The first kappa shape index (κ1) is 130. The zero-order valence-electron chi connectivity index (χ0n) is 84.5. The second kappa shape index (κ2) is 66.0. The molecule has 58 heteroatoms. The quantitative estimate of drug-likeness (QED) is 0.0288.